The van der Waals surface area contributed by atoms with Gasteiger partial charge in [0.05, 0.1) is 31.0 Å². The number of esters is 3. The minimum atomic E-state index is -0.764. The molecular formula is C22H29N2O6+. The molecule has 1 aromatic rings. The van der Waals surface area contributed by atoms with Gasteiger partial charge in [0, 0.05) is 23.5 Å². The summed E-state index contributed by atoms with van der Waals surface area (Å²) in [5, 5.41) is 3.10. The maximum Gasteiger partial charge on any atom is 0.372 e. The van der Waals surface area contributed by atoms with E-state index >= 15 is 0 Å². The lowest BCUT2D eigenvalue weighted by Gasteiger charge is -2.28. The highest BCUT2D eigenvalue weighted by molar-refractivity contribution is 5.99. The summed E-state index contributed by atoms with van der Waals surface area (Å²) in [5.41, 5.74) is 2.34. The van der Waals surface area contributed by atoms with Crippen molar-refractivity contribution in [2.24, 2.45) is 0 Å². The van der Waals surface area contributed by atoms with Gasteiger partial charge >= 0.3 is 17.9 Å². The maximum atomic E-state index is 12.9. The molecule has 0 saturated carbocycles. The predicted molar refractivity (Wildman–Crippen MR) is 108 cm³/mol. The molecule has 1 aromatic heterocycles. The molecule has 0 amide bonds. The lowest BCUT2D eigenvalue weighted by atomic mass is 9.82. The average Bonchev–Trinajstić information content (AvgIpc) is 2.68. The standard InChI is InChI=1S/C22H28N2O6/c1-6-28-17(25)13-24-12-10-9-11-16(24)20-18(21(26)29-7-2)14(4)23-15(5)19(20)22(27)30-8-3/h9-12,20H,6-8,13H2,1-5H3/p+1. The fourth-order valence-electron chi connectivity index (χ4n) is 3.49. The maximum absolute atomic E-state index is 12.9. The zero-order valence-corrected chi connectivity index (χ0v) is 18.1. The summed E-state index contributed by atoms with van der Waals surface area (Å²) in [6.45, 7) is 9.26. The highest BCUT2D eigenvalue weighted by Gasteiger charge is 2.42. The topological polar surface area (TPSA) is 94.8 Å². The summed E-state index contributed by atoms with van der Waals surface area (Å²) in [6, 6.07) is 5.33. The number of allylic oxidation sites excluding steroid dienone is 2. The number of nitrogens with one attached hydrogen (secondary N) is 1. The third kappa shape index (κ3) is 5.06. The van der Waals surface area contributed by atoms with E-state index in [0.29, 0.717) is 28.2 Å². The van der Waals surface area contributed by atoms with Crippen molar-refractivity contribution in [3.05, 3.63) is 52.6 Å². The molecule has 1 aliphatic heterocycles. The number of aromatic nitrogens is 1. The van der Waals surface area contributed by atoms with Gasteiger partial charge in [0.2, 0.25) is 6.54 Å². The highest BCUT2D eigenvalue weighted by atomic mass is 16.5. The fourth-order valence-corrected chi connectivity index (χ4v) is 3.49. The van der Waals surface area contributed by atoms with E-state index in [4.69, 9.17) is 14.2 Å². The third-order valence-electron chi connectivity index (χ3n) is 4.63. The van der Waals surface area contributed by atoms with E-state index in [0.717, 1.165) is 0 Å². The summed E-state index contributed by atoms with van der Waals surface area (Å²) >= 11 is 0. The quantitative estimate of drug-likeness (QED) is 0.392. The van der Waals surface area contributed by atoms with Gasteiger partial charge in [0.1, 0.15) is 5.92 Å². The van der Waals surface area contributed by atoms with E-state index in [2.05, 4.69) is 5.32 Å². The van der Waals surface area contributed by atoms with Crippen LogP contribution in [0.25, 0.3) is 0 Å². The molecule has 0 atom stereocenters. The van der Waals surface area contributed by atoms with Gasteiger partial charge in [0.25, 0.3) is 0 Å². The SMILES string of the molecule is CCOC(=O)C[n+]1ccccc1C1C(C(=O)OCC)=C(C)NC(C)=C1C(=O)OCC. The first-order valence-electron chi connectivity index (χ1n) is 10.0. The summed E-state index contributed by atoms with van der Waals surface area (Å²) in [5.74, 6) is -2.25. The lowest BCUT2D eigenvalue weighted by Crippen LogP contribution is -2.46. The Kier molecular flexibility index (Phi) is 8.15. The number of carbonyl (C=O) groups is 3. The number of nitrogens with zero attached hydrogens (tertiary/aromatic N) is 1. The van der Waals surface area contributed by atoms with Crippen LogP contribution >= 0.6 is 0 Å². The van der Waals surface area contributed by atoms with Crippen molar-refractivity contribution in [3.63, 3.8) is 0 Å². The van der Waals surface area contributed by atoms with Crippen LogP contribution in [0.2, 0.25) is 0 Å². The Hall–Kier alpha value is -3.16. The van der Waals surface area contributed by atoms with Crippen LogP contribution in [0.1, 0.15) is 46.2 Å². The number of rotatable bonds is 8. The van der Waals surface area contributed by atoms with Gasteiger partial charge in [-0.05, 0) is 34.6 Å². The van der Waals surface area contributed by atoms with Crippen molar-refractivity contribution in [1.29, 1.82) is 0 Å². The third-order valence-corrected chi connectivity index (χ3v) is 4.63. The summed E-state index contributed by atoms with van der Waals surface area (Å²) in [4.78, 5) is 37.9. The second kappa shape index (κ2) is 10.6. The molecule has 8 heteroatoms. The normalized spacial score (nSPS) is 14.3. The average molecular weight is 417 g/mol. The Balaban J connectivity index is 2.67. The van der Waals surface area contributed by atoms with Crippen LogP contribution in [0, 0.1) is 0 Å². The van der Waals surface area contributed by atoms with Crippen molar-refractivity contribution in [2.75, 3.05) is 19.8 Å². The first-order chi connectivity index (χ1) is 14.3. The predicted octanol–water partition coefficient (Wildman–Crippen LogP) is 1.90. The van der Waals surface area contributed by atoms with Crippen molar-refractivity contribution >= 4 is 17.9 Å². The van der Waals surface area contributed by atoms with Gasteiger partial charge in [-0.25, -0.2) is 14.4 Å². The Morgan fingerprint density at radius 2 is 1.43 bits per heavy atom. The lowest BCUT2D eigenvalue weighted by molar-refractivity contribution is -0.693. The van der Waals surface area contributed by atoms with Gasteiger partial charge in [-0.2, -0.15) is 4.57 Å². The second-order valence-corrected chi connectivity index (χ2v) is 6.63. The molecule has 1 N–H and O–H groups in total. The van der Waals surface area contributed by atoms with E-state index in [1.54, 1.807) is 63.6 Å². The van der Waals surface area contributed by atoms with Crippen LogP contribution in [0.15, 0.2) is 46.9 Å². The molecule has 0 unspecified atom stereocenters. The minimum Gasteiger partial charge on any atom is -0.463 e. The number of hydrogen-bond acceptors (Lipinski definition) is 7. The van der Waals surface area contributed by atoms with Crippen LogP contribution in [-0.4, -0.2) is 37.7 Å². The fraction of sp³-hybridized carbons (Fsp3) is 0.455. The van der Waals surface area contributed by atoms with Gasteiger partial charge in [-0.15, -0.1) is 0 Å². The monoisotopic (exact) mass is 417 g/mol. The van der Waals surface area contributed by atoms with Gasteiger partial charge in [-0.1, -0.05) is 6.07 Å². The first kappa shape index (κ1) is 23.1. The van der Waals surface area contributed by atoms with Gasteiger partial charge in [-0.3, -0.25) is 0 Å². The Morgan fingerprint density at radius 3 is 1.93 bits per heavy atom. The molecule has 0 fully saturated rings. The van der Waals surface area contributed by atoms with Crippen molar-refractivity contribution in [2.45, 2.75) is 47.1 Å². The smallest absolute Gasteiger partial charge is 0.372 e. The highest BCUT2D eigenvalue weighted by Crippen LogP contribution is 2.37. The van der Waals surface area contributed by atoms with E-state index in [9.17, 15) is 14.4 Å². The molecule has 0 spiro atoms. The van der Waals surface area contributed by atoms with Crippen molar-refractivity contribution in [3.8, 4) is 0 Å². The molecule has 1 aliphatic rings. The first-order valence-corrected chi connectivity index (χ1v) is 10.0. The summed E-state index contributed by atoms with van der Waals surface area (Å²) in [6.07, 6.45) is 1.71. The largest absolute Gasteiger partial charge is 0.463 e. The van der Waals surface area contributed by atoms with Crippen molar-refractivity contribution in [1.82, 2.24) is 5.32 Å². The van der Waals surface area contributed by atoms with Crippen molar-refractivity contribution < 1.29 is 33.2 Å². The van der Waals surface area contributed by atoms with Crippen LogP contribution in [-0.2, 0) is 35.1 Å². The molecule has 0 bridgehead atoms. The molecular weight excluding hydrogens is 388 g/mol. The molecule has 0 radical (unpaired) electrons. The van der Waals surface area contributed by atoms with Gasteiger partial charge < -0.3 is 19.5 Å². The van der Waals surface area contributed by atoms with E-state index in [1.807, 2.05) is 0 Å². The number of carbonyl (C=O) groups excluding carboxylic acids is 3. The number of dihydropyridines is 1. The Labute approximate surface area is 176 Å². The van der Waals surface area contributed by atoms with Crippen LogP contribution in [0.5, 0.6) is 0 Å². The molecule has 30 heavy (non-hydrogen) atoms. The number of ether oxygens (including phenoxy) is 3. The van der Waals surface area contributed by atoms with E-state index in [-0.39, 0.29) is 26.4 Å². The van der Waals surface area contributed by atoms with E-state index in [1.165, 1.54) is 0 Å². The molecule has 8 nitrogen and oxygen atoms in total. The van der Waals surface area contributed by atoms with Crippen LogP contribution in [0.4, 0.5) is 0 Å². The molecule has 162 valence electrons. The zero-order chi connectivity index (χ0) is 22.3. The van der Waals surface area contributed by atoms with E-state index < -0.39 is 23.8 Å². The minimum absolute atomic E-state index is 0.0573. The number of pyridine rings is 1. The zero-order valence-electron chi connectivity index (χ0n) is 18.1. The van der Waals surface area contributed by atoms with Crippen LogP contribution < -0.4 is 9.88 Å². The van der Waals surface area contributed by atoms with Gasteiger partial charge in [0.15, 0.2) is 11.9 Å². The molecule has 0 aliphatic carbocycles. The molecule has 2 heterocycles. The van der Waals surface area contributed by atoms with Crippen LogP contribution in [0.3, 0.4) is 0 Å². The number of hydrogen-bond donors (Lipinski definition) is 1. The Bertz CT molecular complexity index is 847. The molecule has 2 rings (SSSR count). The molecule has 0 saturated heterocycles. The Morgan fingerprint density at radius 1 is 0.900 bits per heavy atom. The molecule has 0 aromatic carbocycles. The summed E-state index contributed by atoms with van der Waals surface area (Å²) in [7, 11) is 0. The summed E-state index contributed by atoms with van der Waals surface area (Å²) < 4.78 is 17.3. The second-order valence-electron chi connectivity index (χ2n) is 6.63.